The van der Waals surface area contributed by atoms with Gasteiger partial charge in [-0.25, -0.2) is 15.0 Å². The number of imidazole rings is 1. The van der Waals surface area contributed by atoms with E-state index in [1.54, 1.807) is 18.0 Å². The zero-order chi connectivity index (χ0) is 21.3. The van der Waals surface area contributed by atoms with Crippen LogP contribution in [0.3, 0.4) is 0 Å². The minimum absolute atomic E-state index is 0.268. The van der Waals surface area contributed by atoms with Crippen molar-refractivity contribution in [3.05, 3.63) is 17.8 Å². The predicted octanol–water partition coefficient (Wildman–Crippen LogP) is 2.06. The van der Waals surface area contributed by atoms with Gasteiger partial charge in [-0.3, -0.25) is 4.57 Å². The van der Waals surface area contributed by atoms with Crippen molar-refractivity contribution < 1.29 is 28.4 Å². The lowest BCUT2D eigenvalue weighted by molar-refractivity contribution is -0.332. The van der Waals surface area contributed by atoms with Crippen LogP contribution in [0.25, 0.3) is 11.2 Å². The van der Waals surface area contributed by atoms with Gasteiger partial charge in [-0.2, -0.15) is 0 Å². The molecule has 3 aliphatic rings. The van der Waals surface area contributed by atoms with Gasteiger partial charge >= 0.3 is 0 Å². The van der Waals surface area contributed by atoms with E-state index in [-0.39, 0.29) is 5.15 Å². The van der Waals surface area contributed by atoms with Crippen molar-refractivity contribution in [3.63, 3.8) is 0 Å². The Morgan fingerprint density at radius 3 is 2.53 bits per heavy atom. The fourth-order valence-corrected chi connectivity index (χ4v) is 4.62. The van der Waals surface area contributed by atoms with Gasteiger partial charge in [0.05, 0.1) is 12.9 Å². The first-order valence-corrected chi connectivity index (χ1v) is 10.3. The van der Waals surface area contributed by atoms with Gasteiger partial charge in [0.2, 0.25) is 0 Å². The normalized spacial score (nSPS) is 37.5. The van der Waals surface area contributed by atoms with Crippen LogP contribution in [0.1, 0.15) is 33.9 Å². The van der Waals surface area contributed by atoms with E-state index in [9.17, 15) is 0 Å². The lowest BCUT2D eigenvalue weighted by Crippen LogP contribution is -2.55. The summed E-state index contributed by atoms with van der Waals surface area (Å²) >= 11 is 6.20. The fourth-order valence-electron chi connectivity index (χ4n) is 4.44. The van der Waals surface area contributed by atoms with E-state index < -0.39 is 48.3 Å². The Kier molecular flexibility index (Phi) is 4.82. The number of fused-ring (bicyclic) bond motifs is 4. The van der Waals surface area contributed by atoms with E-state index in [0.717, 1.165) is 0 Å². The van der Waals surface area contributed by atoms with Crippen LogP contribution in [-0.4, -0.2) is 75.3 Å². The smallest absolute Gasteiger partial charge is 0.167 e. The summed E-state index contributed by atoms with van der Waals surface area (Å²) in [5.74, 6) is -1.57. The Bertz CT molecular complexity index is 952. The predicted molar refractivity (Wildman–Crippen MR) is 104 cm³/mol. The average molecular weight is 441 g/mol. The molecule has 5 heterocycles. The molecule has 6 atom stereocenters. The largest absolute Gasteiger partial charge is 0.374 e. The molecule has 0 saturated carbocycles. The van der Waals surface area contributed by atoms with Crippen LogP contribution >= 0.6 is 11.6 Å². The number of ether oxygens (including phenoxy) is 6. The van der Waals surface area contributed by atoms with Gasteiger partial charge in [-0.15, -0.1) is 0 Å². The maximum absolute atomic E-state index is 6.49. The minimum Gasteiger partial charge on any atom is -0.374 e. The Morgan fingerprint density at radius 2 is 1.77 bits per heavy atom. The Hall–Kier alpha value is -1.40. The number of hydrogen-bond acceptors (Lipinski definition) is 9. The number of nitrogens with zero attached hydrogens (tertiary/aromatic N) is 4. The molecule has 0 amide bonds. The van der Waals surface area contributed by atoms with Crippen LogP contribution in [0.4, 0.5) is 0 Å². The molecule has 11 heteroatoms. The first-order chi connectivity index (χ1) is 14.2. The van der Waals surface area contributed by atoms with Gasteiger partial charge in [0.15, 0.2) is 28.6 Å². The Labute approximate surface area is 178 Å². The number of aromatic nitrogens is 4. The summed E-state index contributed by atoms with van der Waals surface area (Å²) in [5.41, 5.74) is 1.02. The monoisotopic (exact) mass is 440 g/mol. The third-order valence-corrected chi connectivity index (χ3v) is 5.93. The lowest BCUT2D eigenvalue weighted by Gasteiger charge is -2.42. The van der Waals surface area contributed by atoms with Crippen LogP contribution in [0.2, 0.25) is 5.15 Å². The number of methoxy groups -OCH3 is 1. The molecule has 164 valence electrons. The average Bonchev–Trinajstić information content (AvgIpc) is 3.21. The summed E-state index contributed by atoms with van der Waals surface area (Å²) < 4.78 is 38.8. The highest BCUT2D eigenvalue weighted by atomic mass is 35.5. The molecule has 0 radical (unpaired) electrons. The molecule has 3 aliphatic heterocycles. The molecule has 0 bridgehead atoms. The first kappa shape index (κ1) is 20.5. The number of halogens is 1. The van der Waals surface area contributed by atoms with Gasteiger partial charge in [-0.1, -0.05) is 11.6 Å². The van der Waals surface area contributed by atoms with E-state index in [4.69, 9.17) is 40.0 Å². The van der Waals surface area contributed by atoms with Crippen molar-refractivity contribution in [3.8, 4) is 0 Å². The van der Waals surface area contributed by atoms with Crippen LogP contribution in [0.15, 0.2) is 12.7 Å². The summed E-state index contributed by atoms with van der Waals surface area (Å²) in [6.45, 7) is 7.84. The summed E-state index contributed by atoms with van der Waals surface area (Å²) in [7, 11) is 1.62. The van der Waals surface area contributed by atoms with Crippen molar-refractivity contribution in [1.29, 1.82) is 0 Å². The Morgan fingerprint density at radius 1 is 1.03 bits per heavy atom. The molecule has 10 nitrogen and oxygen atoms in total. The van der Waals surface area contributed by atoms with Gasteiger partial charge in [0, 0.05) is 7.11 Å². The van der Waals surface area contributed by atoms with E-state index >= 15 is 0 Å². The van der Waals surface area contributed by atoms with Crippen LogP contribution < -0.4 is 0 Å². The van der Waals surface area contributed by atoms with E-state index in [2.05, 4.69) is 15.0 Å². The molecule has 0 spiro atoms. The minimum atomic E-state index is -0.799. The van der Waals surface area contributed by atoms with Crippen molar-refractivity contribution >= 4 is 22.8 Å². The van der Waals surface area contributed by atoms with Crippen molar-refractivity contribution in [1.82, 2.24) is 19.5 Å². The van der Waals surface area contributed by atoms with Crippen LogP contribution in [-0.2, 0) is 28.4 Å². The molecule has 4 unspecified atom stereocenters. The molecule has 2 aromatic rings. The molecule has 0 aliphatic carbocycles. The van der Waals surface area contributed by atoms with Gasteiger partial charge in [0.1, 0.15) is 42.4 Å². The summed E-state index contributed by atoms with van der Waals surface area (Å²) in [6, 6.07) is 0. The topological polar surface area (TPSA) is 99.0 Å². The van der Waals surface area contributed by atoms with E-state index in [1.807, 2.05) is 27.7 Å². The van der Waals surface area contributed by atoms with Gasteiger partial charge in [0.25, 0.3) is 0 Å². The molecule has 2 aromatic heterocycles. The quantitative estimate of drug-likeness (QED) is 0.649. The molecule has 0 aromatic carbocycles. The second-order valence-corrected chi connectivity index (χ2v) is 8.97. The number of hydrogen-bond donors (Lipinski definition) is 0. The fraction of sp³-hybridized carbons (Fsp3) is 0.737. The lowest BCUT2D eigenvalue weighted by atomic mass is 9.99. The summed E-state index contributed by atoms with van der Waals surface area (Å²) in [4.78, 5) is 12.7. The molecule has 3 fully saturated rings. The highest BCUT2D eigenvalue weighted by molar-refractivity contribution is 6.33. The van der Waals surface area contributed by atoms with E-state index in [0.29, 0.717) is 17.8 Å². The molecule has 0 N–H and O–H groups in total. The molecular formula is C19H25ClN4O6. The second kappa shape index (κ2) is 7.06. The third-order valence-electron chi connectivity index (χ3n) is 5.65. The van der Waals surface area contributed by atoms with Crippen molar-refractivity contribution in [2.24, 2.45) is 0 Å². The highest BCUT2D eigenvalue weighted by Crippen LogP contribution is 2.44. The van der Waals surface area contributed by atoms with Crippen LogP contribution in [0.5, 0.6) is 0 Å². The first-order valence-electron chi connectivity index (χ1n) is 9.88. The van der Waals surface area contributed by atoms with Gasteiger partial charge in [-0.05, 0) is 27.7 Å². The Balaban J connectivity index is 1.61. The standard InChI is InChI=1S/C19H25ClN4O6/c1-18(2)26-6-9-11(28-18)12-13(30-19(3,4)29-12)14(25-5)17(27-9)24-8-23-10-15(20)21-7-22-16(10)24/h7-9,11-14,17H,6H2,1-5H3/t9?,11-,12?,13+,14?,17?/m0/s1. The summed E-state index contributed by atoms with van der Waals surface area (Å²) in [5, 5.41) is 0.268. The second-order valence-electron chi connectivity index (χ2n) is 8.61. The van der Waals surface area contributed by atoms with Gasteiger partial charge < -0.3 is 28.4 Å². The maximum Gasteiger partial charge on any atom is 0.167 e. The SMILES string of the molecule is COC1C(n2cnc3c(Cl)ncnc32)OC2COC(C)(C)O[C@@H]2C2OC(C)(C)O[C@@H]12. The number of rotatable bonds is 2. The van der Waals surface area contributed by atoms with Crippen LogP contribution in [0, 0.1) is 0 Å². The molecule has 3 saturated heterocycles. The molecule has 5 rings (SSSR count). The zero-order valence-corrected chi connectivity index (χ0v) is 18.2. The maximum atomic E-state index is 6.49. The van der Waals surface area contributed by atoms with Crippen molar-refractivity contribution in [2.75, 3.05) is 13.7 Å². The summed E-state index contributed by atoms with van der Waals surface area (Å²) in [6.07, 6.45) is 0.177. The van der Waals surface area contributed by atoms with E-state index in [1.165, 1.54) is 6.33 Å². The highest BCUT2D eigenvalue weighted by Gasteiger charge is 2.59. The molecular weight excluding hydrogens is 416 g/mol. The van der Waals surface area contributed by atoms with Crippen molar-refractivity contribution in [2.45, 2.75) is 76.0 Å². The third kappa shape index (κ3) is 3.31. The zero-order valence-electron chi connectivity index (χ0n) is 17.4. The molecule has 30 heavy (non-hydrogen) atoms.